The van der Waals surface area contributed by atoms with Crippen LogP contribution in [0.2, 0.25) is 0 Å². The zero-order valence-corrected chi connectivity index (χ0v) is 13.8. The predicted octanol–water partition coefficient (Wildman–Crippen LogP) is -1.14. The molecule has 21 heavy (non-hydrogen) atoms. The molecule has 0 fully saturated rings. The van der Waals surface area contributed by atoms with Gasteiger partial charge < -0.3 is 23.4 Å². The molecule has 0 heterocycles. The van der Waals surface area contributed by atoms with Crippen molar-refractivity contribution in [3.63, 3.8) is 0 Å². The fourth-order valence-electron chi connectivity index (χ4n) is 1.65. The van der Waals surface area contributed by atoms with Crippen LogP contribution in [0.1, 0.15) is 21.5 Å². The van der Waals surface area contributed by atoms with E-state index in [1.807, 2.05) is 30.3 Å². The number of phenols is 1. The quantitative estimate of drug-likeness (QED) is 0.552. The number of benzene rings is 2. The molecule has 4 nitrogen and oxygen atoms in total. The van der Waals surface area contributed by atoms with Crippen LogP contribution < -0.4 is 29.6 Å². The summed E-state index contributed by atoms with van der Waals surface area (Å²) in [5.74, 6) is -0.527. The molecule has 2 aromatic carbocycles. The van der Waals surface area contributed by atoms with Gasteiger partial charge in [0.05, 0.1) is 12.2 Å². The number of hydrogen-bond donors (Lipinski definition) is 2. The van der Waals surface area contributed by atoms with Crippen LogP contribution in [0.5, 0.6) is 5.75 Å². The molecule has 0 atom stereocenters. The number of aromatic hydroxyl groups is 1. The Kier molecular flexibility index (Phi) is 9.05. The minimum atomic E-state index is -0.487. The van der Waals surface area contributed by atoms with Crippen LogP contribution in [0, 0.1) is 0 Å². The van der Waals surface area contributed by atoms with Crippen LogP contribution in [0.25, 0.3) is 0 Å². The molecule has 0 aliphatic heterocycles. The van der Waals surface area contributed by atoms with Crippen LogP contribution in [0.4, 0.5) is 0 Å². The molecule has 0 spiro atoms. The molecule has 0 aliphatic rings. The Morgan fingerprint density at radius 1 is 1.10 bits per heavy atom. The summed E-state index contributed by atoms with van der Waals surface area (Å²) in [7, 11) is 0. The Morgan fingerprint density at radius 3 is 2.38 bits per heavy atom. The predicted molar refractivity (Wildman–Crippen MR) is 75.3 cm³/mol. The van der Waals surface area contributed by atoms with E-state index in [4.69, 9.17) is 9.84 Å². The summed E-state index contributed by atoms with van der Waals surface area (Å²) in [6.07, 6.45) is 0. The van der Waals surface area contributed by atoms with Crippen molar-refractivity contribution in [2.45, 2.75) is 13.2 Å². The Labute approximate surface area is 147 Å². The van der Waals surface area contributed by atoms with Gasteiger partial charge in [-0.3, -0.25) is 0 Å². The molecule has 0 aromatic heterocycles. The van der Waals surface area contributed by atoms with Crippen molar-refractivity contribution >= 4 is 14.4 Å². The second kappa shape index (κ2) is 9.63. The van der Waals surface area contributed by atoms with Crippen LogP contribution in [-0.4, -0.2) is 24.6 Å². The molecule has 2 aromatic rings. The number of hydrogen-bond acceptors (Lipinski definition) is 4. The first kappa shape index (κ1) is 19.7. The van der Waals surface area contributed by atoms with Crippen LogP contribution >= 0.6 is 0 Å². The van der Waals surface area contributed by atoms with Gasteiger partial charge in [0.15, 0.2) is 0 Å². The fraction of sp³-hybridized carbons (Fsp3) is 0.133. The van der Waals surface area contributed by atoms with E-state index in [1.165, 1.54) is 18.2 Å². The van der Waals surface area contributed by atoms with Crippen molar-refractivity contribution in [1.29, 1.82) is 0 Å². The van der Waals surface area contributed by atoms with Gasteiger partial charge in [-0.25, -0.2) is 4.79 Å². The van der Waals surface area contributed by atoms with Crippen molar-refractivity contribution in [1.82, 2.24) is 0 Å². The molecule has 0 unspecified atom stereocenters. The summed E-state index contributed by atoms with van der Waals surface area (Å²) >= 11 is 0. The molecule has 102 valence electrons. The molecule has 0 bridgehead atoms. The normalized spacial score (nSPS) is 9.19. The molecule has 6 heteroatoms. The van der Waals surface area contributed by atoms with E-state index < -0.39 is 5.97 Å². The van der Waals surface area contributed by atoms with Crippen molar-refractivity contribution in [3.8, 4) is 5.75 Å². The summed E-state index contributed by atoms with van der Waals surface area (Å²) in [6.45, 7) is -0.138. The van der Waals surface area contributed by atoms with Gasteiger partial charge in [0.2, 0.25) is 0 Å². The SMILES string of the molecule is O=C(OCc1ccccc1)c1ccc(O)c(CO)c1.[B-].[Na+]. The molecular formula is C15H14BNaO4. The Morgan fingerprint density at radius 2 is 1.76 bits per heavy atom. The molecule has 0 saturated carbocycles. The summed E-state index contributed by atoms with van der Waals surface area (Å²) in [5.41, 5.74) is 1.50. The van der Waals surface area contributed by atoms with Crippen molar-refractivity contribution in [2.75, 3.05) is 0 Å². The van der Waals surface area contributed by atoms with Gasteiger partial charge in [-0.2, -0.15) is 0 Å². The third-order valence-electron chi connectivity index (χ3n) is 2.70. The zero-order chi connectivity index (χ0) is 13.7. The monoisotopic (exact) mass is 292 g/mol. The van der Waals surface area contributed by atoms with Crippen molar-refractivity contribution in [3.05, 3.63) is 65.2 Å². The van der Waals surface area contributed by atoms with Gasteiger partial charge >= 0.3 is 35.5 Å². The maximum atomic E-state index is 11.8. The average Bonchev–Trinajstić information content (AvgIpc) is 2.46. The van der Waals surface area contributed by atoms with E-state index in [-0.39, 0.29) is 56.9 Å². The molecule has 2 rings (SSSR count). The standard InChI is InChI=1S/C15H14O4.B.Na/c16-9-13-8-12(6-7-14(13)17)15(18)19-10-11-4-2-1-3-5-11;;/h1-8,16-17H,9-10H2;;/q;-1;+1. The van der Waals surface area contributed by atoms with Gasteiger partial charge in [0, 0.05) is 5.56 Å². The molecule has 0 saturated heterocycles. The summed E-state index contributed by atoms with van der Waals surface area (Å²) in [4.78, 5) is 11.8. The summed E-state index contributed by atoms with van der Waals surface area (Å²) in [6, 6.07) is 13.6. The Balaban J connectivity index is 0.00000200. The van der Waals surface area contributed by atoms with E-state index in [1.54, 1.807) is 0 Å². The first-order valence-electron chi connectivity index (χ1n) is 5.84. The fourth-order valence-corrected chi connectivity index (χ4v) is 1.65. The third-order valence-corrected chi connectivity index (χ3v) is 2.70. The van der Waals surface area contributed by atoms with Gasteiger partial charge in [-0.1, -0.05) is 30.3 Å². The largest absolute Gasteiger partial charge is 1.00 e. The van der Waals surface area contributed by atoms with Gasteiger partial charge in [0.1, 0.15) is 12.4 Å². The Bertz CT molecular complexity index is 575. The first-order chi connectivity index (χ1) is 9.20. The number of ether oxygens (including phenoxy) is 1. The van der Waals surface area contributed by atoms with E-state index in [2.05, 4.69) is 0 Å². The van der Waals surface area contributed by atoms with E-state index >= 15 is 0 Å². The number of esters is 1. The molecule has 0 amide bonds. The number of rotatable bonds is 4. The van der Waals surface area contributed by atoms with Gasteiger partial charge in [-0.15, -0.1) is 0 Å². The first-order valence-corrected chi connectivity index (χ1v) is 5.84. The van der Waals surface area contributed by atoms with Crippen molar-refractivity contribution < 1.29 is 49.3 Å². The Hall–Kier alpha value is -1.27. The van der Waals surface area contributed by atoms with E-state index in [0.29, 0.717) is 11.1 Å². The molecular weight excluding hydrogens is 278 g/mol. The van der Waals surface area contributed by atoms with Gasteiger partial charge in [-0.05, 0) is 23.8 Å². The molecule has 0 aliphatic carbocycles. The van der Waals surface area contributed by atoms with Crippen LogP contribution in [0.3, 0.4) is 0 Å². The maximum Gasteiger partial charge on any atom is 1.00 e. The van der Waals surface area contributed by atoms with Crippen LogP contribution in [-0.2, 0) is 18.0 Å². The number of carbonyl (C=O) groups is 1. The molecule has 4 radical (unpaired) electrons. The minimum Gasteiger partial charge on any atom is -1.00 e. The second-order valence-electron chi connectivity index (χ2n) is 4.06. The minimum absolute atomic E-state index is 0. The molecule has 2 N–H and O–H groups in total. The number of aliphatic hydroxyl groups excluding tert-OH is 1. The van der Waals surface area contributed by atoms with Crippen molar-refractivity contribution in [2.24, 2.45) is 0 Å². The maximum absolute atomic E-state index is 11.8. The summed E-state index contributed by atoms with van der Waals surface area (Å²) < 4.78 is 5.15. The smallest absolute Gasteiger partial charge is 1.00 e. The number of aliphatic hydroxyl groups is 1. The third kappa shape index (κ3) is 5.55. The van der Waals surface area contributed by atoms with Gasteiger partial charge in [0.25, 0.3) is 0 Å². The van der Waals surface area contributed by atoms with E-state index in [0.717, 1.165) is 5.56 Å². The number of carbonyl (C=O) groups excluding carboxylic acids is 1. The van der Waals surface area contributed by atoms with E-state index in [9.17, 15) is 9.90 Å². The average molecular weight is 292 g/mol. The van der Waals surface area contributed by atoms with Crippen LogP contribution in [0.15, 0.2) is 48.5 Å². The second-order valence-corrected chi connectivity index (χ2v) is 4.06. The summed E-state index contributed by atoms with van der Waals surface area (Å²) in [5, 5.41) is 18.4. The topological polar surface area (TPSA) is 66.8 Å². The zero-order valence-electron chi connectivity index (χ0n) is 11.8.